The molecule has 0 aromatic carbocycles. The van der Waals surface area contributed by atoms with Crippen molar-refractivity contribution in [2.75, 3.05) is 32.9 Å². The average molecular weight is 370 g/mol. The van der Waals surface area contributed by atoms with Crippen LogP contribution in [-0.2, 0) is 19.1 Å². The van der Waals surface area contributed by atoms with Crippen LogP contribution in [0.4, 0.5) is 0 Å². The van der Waals surface area contributed by atoms with Gasteiger partial charge in [0.2, 0.25) is 11.8 Å². The Hall–Kier alpha value is -1.18. The van der Waals surface area contributed by atoms with E-state index in [-0.39, 0.29) is 24.3 Å². The lowest BCUT2D eigenvalue weighted by Gasteiger charge is -2.53. The van der Waals surface area contributed by atoms with Crippen LogP contribution in [0, 0.1) is 5.92 Å². The second-order valence-corrected chi connectivity index (χ2v) is 8.15. The lowest BCUT2D eigenvalue weighted by molar-refractivity contribution is -0.208. The van der Waals surface area contributed by atoms with E-state index in [4.69, 9.17) is 9.47 Å². The predicted octanol–water partition coefficient (Wildman–Crippen LogP) is 1.09. The zero-order valence-corrected chi connectivity index (χ0v) is 16.5. The third kappa shape index (κ3) is 4.75. The van der Waals surface area contributed by atoms with E-state index >= 15 is 0 Å². The van der Waals surface area contributed by atoms with Gasteiger partial charge in [-0.05, 0) is 39.0 Å². The molecular weight excluding hydrogens is 336 g/mol. The van der Waals surface area contributed by atoms with Crippen molar-refractivity contribution in [1.29, 1.82) is 0 Å². The van der Waals surface area contributed by atoms with E-state index in [1.165, 1.54) is 0 Å². The van der Waals surface area contributed by atoms with Crippen LogP contribution < -0.4 is 5.32 Å². The molecule has 0 radical (unpaired) electrons. The number of amides is 2. The second kappa shape index (κ2) is 8.67. The zero-order valence-electron chi connectivity index (χ0n) is 16.5. The fourth-order valence-corrected chi connectivity index (χ4v) is 3.97. The van der Waals surface area contributed by atoms with Gasteiger partial charge in [-0.25, -0.2) is 0 Å². The van der Waals surface area contributed by atoms with Crippen molar-refractivity contribution in [3.63, 3.8) is 0 Å². The standard InChI is InChI=1S/C19H34N2O5/c1-5-25-13-16(23)21-9-6-19(7-10-21)17(24)18(4,8-11-26-19)20-15(22)12-14(2)3/h14,17,24H,5-13H2,1-4H3,(H,20,22)/t17-,18+/m0/s1. The highest BCUT2D eigenvalue weighted by Gasteiger charge is 2.54. The van der Waals surface area contributed by atoms with Gasteiger partial charge in [0.15, 0.2) is 0 Å². The van der Waals surface area contributed by atoms with Crippen LogP contribution in [0.15, 0.2) is 0 Å². The Kier molecular flexibility index (Phi) is 7.05. The Morgan fingerprint density at radius 3 is 2.54 bits per heavy atom. The number of piperidine rings is 1. The molecule has 2 saturated heterocycles. The lowest BCUT2D eigenvalue weighted by Crippen LogP contribution is -2.69. The molecule has 2 aliphatic heterocycles. The van der Waals surface area contributed by atoms with E-state index in [9.17, 15) is 14.7 Å². The number of hydrogen-bond acceptors (Lipinski definition) is 5. The van der Waals surface area contributed by atoms with Gasteiger partial charge in [0.25, 0.3) is 0 Å². The van der Waals surface area contributed by atoms with E-state index in [1.807, 2.05) is 27.7 Å². The quantitative estimate of drug-likeness (QED) is 0.731. The van der Waals surface area contributed by atoms with Gasteiger partial charge >= 0.3 is 0 Å². The van der Waals surface area contributed by atoms with Gasteiger partial charge in [-0.3, -0.25) is 9.59 Å². The molecule has 2 aliphatic rings. The molecule has 7 heteroatoms. The molecule has 0 aliphatic carbocycles. The minimum absolute atomic E-state index is 0.0278. The number of nitrogens with zero attached hydrogens (tertiary/aromatic N) is 1. The summed E-state index contributed by atoms with van der Waals surface area (Å²) in [5, 5.41) is 14.1. The number of rotatable bonds is 6. The minimum Gasteiger partial charge on any atom is -0.388 e. The van der Waals surface area contributed by atoms with Crippen LogP contribution in [0.1, 0.15) is 53.4 Å². The van der Waals surface area contributed by atoms with E-state index in [1.54, 1.807) is 4.90 Å². The Morgan fingerprint density at radius 2 is 1.96 bits per heavy atom. The Bertz CT molecular complexity index is 502. The molecule has 0 bridgehead atoms. The molecule has 7 nitrogen and oxygen atoms in total. The van der Waals surface area contributed by atoms with Crippen LogP contribution in [0.2, 0.25) is 0 Å². The van der Waals surface area contributed by atoms with Crippen molar-refractivity contribution in [3.05, 3.63) is 0 Å². The molecule has 2 N–H and O–H groups in total. The maximum atomic E-state index is 12.3. The highest BCUT2D eigenvalue weighted by atomic mass is 16.5. The fraction of sp³-hybridized carbons (Fsp3) is 0.895. The summed E-state index contributed by atoms with van der Waals surface area (Å²) < 4.78 is 11.2. The lowest BCUT2D eigenvalue weighted by atomic mass is 9.73. The molecule has 150 valence electrons. The monoisotopic (exact) mass is 370 g/mol. The highest BCUT2D eigenvalue weighted by molar-refractivity contribution is 5.78. The number of carbonyl (C=O) groups is 2. The van der Waals surface area contributed by atoms with Gasteiger partial charge in [0.1, 0.15) is 12.7 Å². The third-order valence-electron chi connectivity index (χ3n) is 5.52. The Morgan fingerprint density at radius 1 is 1.31 bits per heavy atom. The number of likely N-dealkylation sites (tertiary alicyclic amines) is 1. The normalized spacial score (nSPS) is 28.4. The molecule has 2 atom stereocenters. The van der Waals surface area contributed by atoms with Crippen LogP contribution in [0.25, 0.3) is 0 Å². The van der Waals surface area contributed by atoms with Crippen molar-refractivity contribution >= 4 is 11.8 Å². The fourth-order valence-electron chi connectivity index (χ4n) is 3.97. The van der Waals surface area contributed by atoms with Crippen molar-refractivity contribution in [2.24, 2.45) is 5.92 Å². The summed E-state index contributed by atoms with van der Waals surface area (Å²) in [6, 6.07) is 0. The first-order valence-electron chi connectivity index (χ1n) is 9.71. The van der Waals surface area contributed by atoms with E-state index < -0.39 is 17.2 Å². The van der Waals surface area contributed by atoms with Crippen molar-refractivity contribution in [2.45, 2.75) is 70.6 Å². The first-order chi connectivity index (χ1) is 12.2. The Balaban J connectivity index is 1.99. The number of aliphatic hydroxyl groups is 1. The summed E-state index contributed by atoms with van der Waals surface area (Å²) in [7, 11) is 0. The van der Waals surface area contributed by atoms with Crippen LogP contribution in [-0.4, -0.2) is 72.0 Å². The van der Waals surface area contributed by atoms with Gasteiger partial charge < -0.3 is 24.8 Å². The van der Waals surface area contributed by atoms with Crippen molar-refractivity contribution in [1.82, 2.24) is 10.2 Å². The van der Waals surface area contributed by atoms with Gasteiger partial charge in [0.05, 0.1) is 11.1 Å². The molecule has 26 heavy (non-hydrogen) atoms. The number of carbonyl (C=O) groups excluding carboxylic acids is 2. The molecule has 1 spiro atoms. The summed E-state index contributed by atoms with van der Waals surface area (Å²) >= 11 is 0. The first-order valence-corrected chi connectivity index (χ1v) is 9.71. The van der Waals surface area contributed by atoms with Gasteiger partial charge in [-0.1, -0.05) is 13.8 Å². The van der Waals surface area contributed by atoms with Gasteiger partial charge in [-0.2, -0.15) is 0 Å². The molecular formula is C19H34N2O5. The molecule has 2 fully saturated rings. The van der Waals surface area contributed by atoms with Crippen LogP contribution in [0.5, 0.6) is 0 Å². The minimum atomic E-state index is -0.802. The molecule has 0 aromatic rings. The predicted molar refractivity (Wildman–Crippen MR) is 97.6 cm³/mol. The SMILES string of the molecule is CCOCC(=O)N1CCC2(CC1)OCC[C@@](C)(NC(=O)CC(C)C)[C@@H]2O. The summed E-state index contributed by atoms with van der Waals surface area (Å²) in [6.07, 6.45) is 1.33. The van der Waals surface area contributed by atoms with Crippen LogP contribution >= 0.6 is 0 Å². The molecule has 2 amide bonds. The molecule has 0 aromatic heterocycles. The largest absolute Gasteiger partial charge is 0.388 e. The molecule has 0 unspecified atom stereocenters. The van der Waals surface area contributed by atoms with Crippen molar-refractivity contribution in [3.8, 4) is 0 Å². The Labute approximate surface area is 156 Å². The van der Waals surface area contributed by atoms with E-state index in [0.717, 1.165) is 0 Å². The zero-order chi connectivity index (χ0) is 19.4. The summed E-state index contributed by atoms with van der Waals surface area (Å²) in [5.41, 5.74) is -1.41. The first kappa shape index (κ1) is 21.1. The highest BCUT2D eigenvalue weighted by Crippen LogP contribution is 2.40. The number of ether oxygens (including phenoxy) is 2. The third-order valence-corrected chi connectivity index (χ3v) is 5.52. The van der Waals surface area contributed by atoms with E-state index in [2.05, 4.69) is 5.32 Å². The topological polar surface area (TPSA) is 88.1 Å². The van der Waals surface area contributed by atoms with Gasteiger partial charge in [0, 0.05) is 32.7 Å². The smallest absolute Gasteiger partial charge is 0.248 e. The molecule has 2 rings (SSSR count). The van der Waals surface area contributed by atoms with Crippen LogP contribution in [0.3, 0.4) is 0 Å². The summed E-state index contributed by atoms with van der Waals surface area (Å²) in [6.45, 7) is 9.90. The van der Waals surface area contributed by atoms with Gasteiger partial charge in [-0.15, -0.1) is 0 Å². The number of nitrogens with one attached hydrogen (secondary N) is 1. The molecule has 0 saturated carbocycles. The summed E-state index contributed by atoms with van der Waals surface area (Å²) in [4.78, 5) is 26.1. The second-order valence-electron chi connectivity index (χ2n) is 8.15. The van der Waals surface area contributed by atoms with Crippen molar-refractivity contribution < 1.29 is 24.2 Å². The number of hydrogen-bond donors (Lipinski definition) is 2. The average Bonchev–Trinajstić information content (AvgIpc) is 2.57. The summed E-state index contributed by atoms with van der Waals surface area (Å²) in [5.74, 6) is 0.201. The molecule has 2 heterocycles. The number of aliphatic hydroxyl groups excluding tert-OH is 1. The maximum absolute atomic E-state index is 12.3. The van der Waals surface area contributed by atoms with E-state index in [0.29, 0.717) is 52.0 Å². The maximum Gasteiger partial charge on any atom is 0.248 e.